The van der Waals surface area contributed by atoms with E-state index in [1.807, 2.05) is 0 Å². The molecule has 1 aliphatic heterocycles. The Morgan fingerprint density at radius 3 is 2.30 bits per heavy atom. The Bertz CT molecular complexity index is 393. The van der Waals surface area contributed by atoms with Crippen molar-refractivity contribution in [2.24, 2.45) is 5.73 Å². The van der Waals surface area contributed by atoms with E-state index in [1.165, 1.54) is 43.7 Å². The van der Waals surface area contributed by atoms with Crippen molar-refractivity contribution in [3.8, 4) is 0 Å². The summed E-state index contributed by atoms with van der Waals surface area (Å²) in [4.78, 5) is 4.97. The van der Waals surface area contributed by atoms with E-state index in [2.05, 4.69) is 55.0 Å². The molecule has 0 saturated carbocycles. The van der Waals surface area contributed by atoms with Crippen LogP contribution in [0.4, 0.5) is 5.69 Å². The monoisotopic (exact) mass is 275 g/mol. The van der Waals surface area contributed by atoms with Crippen molar-refractivity contribution in [1.82, 2.24) is 4.90 Å². The first-order valence-corrected chi connectivity index (χ1v) is 7.96. The molecular weight excluding hydrogens is 246 g/mol. The molecule has 112 valence electrons. The summed E-state index contributed by atoms with van der Waals surface area (Å²) in [5.74, 6) is 0. The minimum atomic E-state index is 0.169. The van der Waals surface area contributed by atoms with Crippen LogP contribution in [-0.2, 0) is 0 Å². The van der Waals surface area contributed by atoms with Crippen molar-refractivity contribution >= 4 is 5.69 Å². The number of likely N-dealkylation sites (tertiary alicyclic amines) is 1. The minimum absolute atomic E-state index is 0.169. The van der Waals surface area contributed by atoms with Gasteiger partial charge in [-0.05, 0) is 43.5 Å². The maximum absolute atomic E-state index is 6.07. The van der Waals surface area contributed by atoms with E-state index in [-0.39, 0.29) is 6.04 Å². The van der Waals surface area contributed by atoms with Crippen LogP contribution >= 0.6 is 0 Å². The molecule has 1 heterocycles. The number of piperidine rings is 1. The molecule has 1 saturated heterocycles. The molecule has 0 amide bonds. The minimum Gasteiger partial charge on any atom is -0.372 e. The zero-order valence-electron chi connectivity index (χ0n) is 13.2. The topological polar surface area (TPSA) is 32.5 Å². The first-order chi connectivity index (χ1) is 9.65. The summed E-state index contributed by atoms with van der Waals surface area (Å²) in [5, 5.41) is 0. The second-order valence-electron chi connectivity index (χ2n) is 5.88. The molecule has 1 unspecified atom stereocenters. The molecule has 3 heteroatoms. The molecule has 1 aromatic carbocycles. The lowest BCUT2D eigenvalue weighted by Gasteiger charge is -2.37. The highest BCUT2D eigenvalue weighted by Gasteiger charge is 2.21. The van der Waals surface area contributed by atoms with Crippen molar-refractivity contribution in [1.29, 1.82) is 0 Å². The number of hydrogen-bond donors (Lipinski definition) is 1. The van der Waals surface area contributed by atoms with Gasteiger partial charge in [0.05, 0.1) is 0 Å². The van der Waals surface area contributed by atoms with Crippen LogP contribution < -0.4 is 10.6 Å². The highest BCUT2D eigenvalue weighted by Crippen LogP contribution is 2.24. The van der Waals surface area contributed by atoms with Crippen LogP contribution in [-0.4, -0.2) is 37.6 Å². The van der Waals surface area contributed by atoms with E-state index < -0.39 is 0 Å². The fourth-order valence-corrected chi connectivity index (χ4v) is 3.03. The Kier molecular flexibility index (Phi) is 5.44. The highest BCUT2D eigenvalue weighted by molar-refractivity contribution is 5.48. The van der Waals surface area contributed by atoms with Gasteiger partial charge in [0.2, 0.25) is 0 Å². The largest absolute Gasteiger partial charge is 0.372 e. The van der Waals surface area contributed by atoms with Crippen molar-refractivity contribution in [3.63, 3.8) is 0 Å². The van der Waals surface area contributed by atoms with E-state index in [9.17, 15) is 0 Å². The number of nitrogens with zero attached hydrogens (tertiary/aromatic N) is 2. The predicted octanol–water partition coefficient (Wildman–Crippen LogP) is 3.02. The average Bonchev–Trinajstić information content (AvgIpc) is 2.53. The van der Waals surface area contributed by atoms with Crippen LogP contribution in [0.5, 0.6) is 0 Å². The van der Waals surface area contributed by atoms with Crippen LogP contribution in [0.3, 0.4) is 0 Å². The molecule has 0 bridgehead atoms. The Balaban J connectivity index is 1.97. The van der Waals surface area contributed by atoms with Crippen molar-refractivity contribution in [2.45, 2.75) is 45.2 Å². The normalized spacial score (nSPS) is 19.0. The fraction of sp³-hybridized carbons (Fsp3) is 0.647. The van der Waals surface area contributed by atoms with E-state index in [0.29, 0.717) is 6.04 Å². The van der Waals surface area contributed by atoms with Crippen LogP contribution in [0.1, 0.15) is 44.7 Å². The summed E-state index contributed by atoms with van der Waals surface area (Å²) in [6.45, 7) is 8.01. The summed E-state index contributed by atoms with van der Waals surface area (Å²) >= 11 is 0. The van der Waals surface area contributed by atoms with Gasteiger partial charge >= 0.3 is 0 Å². The second kappa shape index (κ2) is 7.09. The molecule has 1 aliphatic rings. The van der Waals surface area contributed by atoms with Gasteiger partial charge in [-0.15, -0.1) is 0 Å². The SMILES string of the molecule is CCC(N)c1ccc(N(C)C2CCN(CC)CC2)cc1. The molecule has 1 aromatic rings. The lowest BCUT2D eigenvalue weighted by Crippen LogP contribution is -2.43. The molecule has 0 spiro atoms. The van der Waals surface area contributed by atoms with Crippen molar-refractivity contribution < 1.29 is 0 Å². The number of nitrogens with two attached hydrogens (primary N) is 1. The maximum Gasteiger partial charge on any atom is 0.0366 e. The van der Waals surface area contributed by atoms with Gasteiger partial charge in [-0.2, -0.15) is 0 Å². The van der Waals surface area contributed by atoms with E-state index >= 15 is 0 Å². The number of hydrogen-bond acceptors (Lipinski definition) is 3. The zero-order valence-corrected chi connectivity index (χ0v) is 13.2. The van der Waals surface area contributed by atoms with E-state index in [0.717, 1.165) is 6.42 Å². The van der Waals surface area contributed by atoms with Gasteiger partial charge in [-0.1, -0.05) is 26.0 Å². The van der Waals surface area contributed by atoms with Crippen LogP contribution in [0, 0.1) is 0 Å². The van der Waals surface area contributed by atoms with Gasteiger partial charge in [0.15, 0.2) is 0 Å². The molecule has 0 aromatic heterocycles. The van der Waals surface area contributed by atoms with E-state index in [1.54, 1.807) is 0 Å². The molecule has 2 N–H and O–H groups in total. The van der Waals surface area contributed by atoms with Crippen molar-refractivity contribution in [3.05, 3.63) is 29.8 Å². The van der Waals surface area contributed by atoms with E-state index in [4.69, 9.17) is 5.73 Å². The van der Waals surface area contributed by atoms with Gasteiger partial charge in [-0.25, -0.2) is 0 Å². The molecule has 2 rings (SSSR count). The highest BCUT2D eigenvalue weighted by atomic mass is 15.2. The van der Waals surface area contributed by atoms with Crippen LogP contribution in [0.15, 0.2) is 24.3 Å². The van der Waals surface area contributed by atoms with Crippen LogP contribution in [0.25, 0.3) is 0 Å². The predicted molar refractivity (Wildman–Crippen MR) is 87.2 cm³/mol. The molecule has 1 fully saturated rings. The number of anilines is 1. The van der Waals surface area contributed by atoms with Gasteiger partial charge in [0.25, 0.3) is 0 Å². The first-order valence-electron chi connectivity index (χ1n) is 7.96. The Morgan fingerprint density at radius 2 is 1.80 bits per heavy atom. The second-order valence-corrected chi connectivity index (χ2v) is 5.88. The molecule has 20 heavy (non-hydrogen) atoms. The zero-order chi connectivity index (χ0) is 14.5. The quantitative estimate of drug-likeness (QED) is 0.896. The third-order valence-electron chi connectivity index (χ3n) is 4.72. The third-order valence-corrected chi connectivity index (χ3v) is 4.72. The van der Waals surface area contributed by atoms with Crippen LogP contribution in [0.2, 0.25) is 0 Å². The summed E-state index contributed by atoms with van der Waals surface area (Å²) < 4.78 is 0. The van der Waals surface area contributed by atoms with Gasteiger partial charge in [0, 0.05) is 37.9 Å². The first kappa shape index (κ1) is 15.3. The van der Waals surface area contributed by atoms with Gasteiger partial charge in [0.1, 0.15) is 0 Å². The third kappa shape index (κ3) is 3.53. The fourth-order valence-electron chi connectivity index (χ4n) is 3.03. The summed E-state index contributed by atoms with van der Waals surface area (Å²) in [6.07, 6.45) is 3.52. The molecule has 0 radical (unpaired) electrons. The lowest BCUT2D eigenvalue weighted by atomic mass is 10.0. The average molecular weight is 275 g/mol. The smallest absolute Gasteiger partial charge is 0.0366 e. The Hall–Kier alpha value is -1.06. The summed E-state index contributed by atoms with van der Waals surface area (Å²) in [5.41, 5.74) is 8.63. The Morgan fingerprint density at radius 1 is 1.20 bits per heavy atom. The molecule has 3 nitrogen and oxygen atoms in total. The molecule has 0 aliphatic carbocycles. The number of rotatable bonds is 5. The van der Waals surface area contributed by atoms with Crippen molar-refractivity contribution in [2.75, 3.05) is 31.6 Å². The molecule has 1 atom stereocenters. The summed E-state index contributed by atoms with van der Waals surface area (Å²) in [6, 6.07) is 9.64. The Labute approximate surface area is 123 Å². The number of benzene rings is 1. The summed E-state index contributed by atoms with van der Waals surface area (Å²) in [7, 11) is 2.22. The van der Waals surface area contributed by atoms with Gasteiger partial charge < -0.3 is 15.5 Å². The lowest BCUT2D eigenvalue weighted by molar-refractivity contribution is 0.221. The molecular formula is C17H29N3. The van der Waals surface area contributed by atoms with Gasteiger partial charge in [-0.3, -0.25) is 0 Å². The standard InChI is InChI=1S/C17H29N3/c1-4-17(18)14-6-8-15(9-7-14)19(3)16-10-12-20(5-2)13-11-16/h6-9,16-17H,4-5,10-13,18H2,1-3H3. The maximum atomic E-state index is 6.07.